The first-order chi connectivity index (χ1) is 17.4. The van der Waals surface area contributed by atoms with Crippen molar-refractivity contribution in [2.24, 2.45) is 0 Å². The van der Waals surface area contributed by atoms with Crippen LogP contribution in [0, 0.1) is 11.3 Å². The second-order valence-corrected chi connectivity index (χ2v) is 10.8. The van der Waals surface area contributed by atoms with Crippen LogP contribution < -0.4 is 10.6 Å². The van der Waals surface area contributed by atoms with E-state index in [1.807, 2.05) is 44.6 Å². The molecule has 4 aromatic rings. The summed E-state index contributed by atoms with van der Waals surface area (Å²) in [6, 6.07) is 14.1. The van der Waals surface area contributed by atoms with Crippen molar-refractivity contribution in [1.82, 2.24) is 24.5 Å². The number of anilines is 4. The minimum absolute atomic E-state index is 0.377. The third-order valence-corrected chi connectivity index (χ3v) is 6.68. The minimum Gasteiger partial charge on any atom is -0.616 e. The van der Waals surface area contributed by atoms with Gasteiger partial charge in [0.15, 0.2) is 5.65 Å². The summed E-state index contributed by atoms with van der Waals surface area (Å²) in [7, 11) is 4.03. The van der Waals surface area contributed by atoms with E-state index in [4.69, 9.17) is 0 Å². The number of aromatic nitrogens is 4. The van der Waals surface area contributed by atoms with Crippen LogP contribution in [0.1, 0.15) is 41.0 Å². The van der Waals surface area contributed by atoms with E-state index in [9.17, 15) is 9.81 Å². The molecule has 0 radical (unpaired) electrons. The molecule has 3 heterocycles. The fraction of sp³-hybridized carbons (Fsp3) is 0.308. The van der Waals surface area contributed by atoms with Gasteiger partial charge in [-0.2, -0.15) is 14.9 Å². The second kappa shape index (κ2) is 10.1. The van der Waals surface area contributed by atoms with Gasteiger partial charge in [0, 0.05) is 30.1 Å². The van der Waals surface area contributed by atoms with Crippen molar-refractivity contribution in [3.63, 3.8) is 0 Å². The van der Waals surface area contributed by atoms with Crippen LogP contribution >= 0.6 is 0 Å². The number of nitrogens with zero attached hydrogens (tertiary/aromatic N) is 6. The van der Waals surface area contributed by atoms with E-state index in [2.05, 4.69) is 48.8 Å². The maximum Gasteiger partial charge on any atom is 0.177 e. The third kappa shape index (κ3) is 5.44. The van der Waals surface area contributed by atoms with E-state index in [0.29, 0.717) is 40.3 Å². The van der Waals surface area contributed by atoms with Crippen molar-refractivity contribution < 1.29 is 4.55 Å². The zero-order chi connectivity index (χ0) is 25.2. The zero-order valence-electron chi connectivity index (χ0n) is 20.5. The van der Waals surface area contributed by atoms with Gasteiger partial charge in [-0.1, -0.05) is 23.3 Å². The van der Waals surface area contributed by atoms with Crippen molar-refractivity contribution in [2.45, 2.75) is 31.1 Å². The average molecular weight is 501 g/mol. The lowest BCUT2D eigenvalue weighted by Gasteiger charge is -2.15. The number of hydrogen-bond acceptors (Lipinski definition) is 8. The average Bonchev–Trinajstić information content (AvgIpc) is 3.59. The van der Waals surface area contributed by atoms with Gasteiger partial charge in [-0.15, -0.1) is 0 Å². The molecule has 1 aliphatic rings. The Morgan fingerprint density at radius 3 is 2.64 bits per heavy atom. The first-order valence-corrected chi connectivity index (χ1v) is 13.5. The molecule has 0 spiro atoms. The summed E-state index contributed by atoms with van der Waals surface area (Å²) < 4.78 is 13.6. The molecule has 0 saturated heterocycles. The highest BCUT2D eigenvalue weighted by Crippen LogP contribution is 2.42. The summed E-state index contributed by atoms with van der Waals surface area (Å²) in [5, 5.41) is 20.6. The molecule has 0 bridgehead atoms. The Balaban J connectivity index is 1.46. The van der Waals surface area contributed by atoms with Crippen LogP contribution in [0.25, 0.3) is 5.65 Å². The number of nitriles is 1. The normalized spacial score (nSPS) is 14.1. The van der Waals surface area contributed by atoms with E-state index >= 15 is 0 Å². The number of nitrogens with one attached hydrogen (secondary N) is 2. The Hall–Kier alpha value is -3.65. The predicted octanol–water partition coefficient (Wildman–Crippen LogP) is 4.30. The van der Waals surface area contributed by atoms with Crippen LogP contribution in [0.5, 0.6) is 0 Å². The van der Waals surface area contributed by atoms with Crippen molar-refractivity contribution in [1.29, 1.82) is 5.26 Å². The van der Waals surface area contributed by atoms with Gasteiger partial charge in [0.25, 0.3) is 0 Å². The fourth-order valence-electron chi connectivity index (χ4n) is 4.25. The molecular weight excluding hydrogens is 472 g/mol. The Bertz CT molecular complexity index is 1420. The summed E-state index contributed by atoms with van der Waals surface area (Å²) >= 11 is -0.930. The molecule has 1 atom stereocenters. The Kier molecular flexibility index (Phi) is 6.78. The lowest BCUT2D eigenvalue weighted by molar-refractivity contribution is 0.402. The van der Waals surface area contributed by atoms with E-state index < -0.39 is 11.2 Å². The first-order valence-electron chi connectivity index (χ1n) is 11.7. The Labute approximate surface area is 213 Å². The van der Waals surface area contributed by atoms with Gasteiger partial charge in [0.05, 0.1) is 12.5 Å². The number of hydrogen-bond donors (Lipinski definition) is 2. The van der Waals surface area contributed by atoms with Gasteiger partial charge in [-0.3, -0.25) is 0 Å². The second-order valence-electron chi connectivity index (χ2n) is 9.38. The first kappa shape index (κ1) is 24.1. The van der Waals surface area contributed by atoms with Crippen molar-refractivity contribution in [3.05, 3.63) is 71.0 Å². The molecule has 3 aromatic heterocycles. The quantitative estimate of drug-likeness (QED) is 0.327. The van der Waals surface area contributed by atoms with Gasteiger partial charge >= 0.3 is 0 Å². The SMILES string of the molecule is CN(C)Cc1ccc(Nc2cc(Nc3ccc(C4CC4)c(C[S+](C)[O-])c3)nc3c(C#N)cnn23)nc1. The smallest absolute Gasteiger partial charge is 0.177 e. The molecule has 9 nitrogen and oxygen atoms in total. The summed E-state index contributed by atoms with van der Waals surface area (Å²) in [4.78, 5) is 11.3. The number of fused-ring (bicyclic) bond motifs is 1. The highest BCUT2D eigenvalue weighted by molar-refractivity contribution is 7.89. The van der Waals surface area contributed by atoms with Crippen molar-refractivity contribution in [2.75, 3.05) is 31.0 Å². The number of rotatable bonds is 9. The summed E-state index contributed by atoms with van der Waals surface area (Å²) in [5.74, 6) is 2.95. The Morgan fingerprint density at radius 1 is 1.14 bits per heavy atom. The van der Waals surface area contributed by atoms with Crippen LogP contribution in [-0.4, -0.2) is 49.4 Å². The highest BCUT2D eigenvalue weighted by atomic mass is 32.2. The maximum atomic E-state index is 12.0. The third-order valence-electron chi connectivity index (χ3n) is 5.96. The van der Waals surface area contributed by atoms with Crippen LogP contribution in [-0.2, 0) is 23.5 Å². The van der Waals surface area contributed by atoms with Gasteiger partial charge < -0.3 is 20.1 Å². The van der Waals surface area contributed by atoms with E-state index in [1.165, 1.54) is 24.6 Å². The van der Waals surface area contributed by atoms with E-state index in [1.54, 1.807) is 10.8 Å². The van der Waals surface area contributed by atoms with Crippen LogP contribution in [0.4, 0.5) is 23.1 Å². The highest BCUT2D eigenvalue weighted by Gasteiger charge is 2.27. The molecule has 1 fully saturated rings. The fourth-order valence-corrected chi connectivity index (χ4v) is 4.94. The zero-order valence-corrected chi connectivity index (χ0v) is 21.3. The summed E-state index contributed by atoms with van der Waals surface area (Å²) in [6.45, 7) is 0.804. The standard InChI is InChI=1S/C26H28N8OS/c1-33(2)15-17-4-9-23(28-13-17)31-25-11-24(32-26-20(12-27)14-29-34(25)26)30-21-7-8-22(18-5-6-18)19(10-21)16-36(3)35/h4,7-11,13-14,18H,5-6,15-16H2,1-3H3,(H,28,31)(H,30,32). The van der Waals surface area contributed by atoms with Gasteiger partial charge in [-0.25, -0.2) is 9.97 Å². The van der Waals surface area contributed by atoms with Crippen molar-refractivity contribution >= 4 is 40.0 Å². The molecule has 10 heteroatoms. The molecule has 184 valence electrons. The van der Waals surface area contributed by atoms with Gasteiger partial charge in [0.2, 0.25) is 0 Å². The van der Waals surface area contributed by atoms with Crippen LogP contribution in [0.3, 0.4) is 0 Å². The topological polar surface area (TPSA) is 117 Å². The number of benzene rings is 1. The Morgan fingerprint density at radius 2 is 1.97 bits per heavy atom. The van der Waals surface area contributed by atoms with E-state index in [0.717, 1.165) is 23.4 Å². The molecule has 0 aliphatic heterocycles. The molecule has 1 aliphatic carbocycles. The minimum atomic E-state index is -0.930. The van der Waals surface area contributed by atoms with E-state index in [-0.39, 0.29) is 0 Å². The molecule has 1 saturated carbocycles. The molecule has 2 N–H and O–H groups in total. The molecular formula is C26H28N8OS. The largest absolute Gasteiger partial charge is 0.616 e. The lowest BCUT2D eigenvalue weighted by atomic mass is 10.0. The van der Waals surface area contributed by atoms with Gasteiger partial charge in [-0.05, 0) is 62.2 Å². The van der Waals surface area contributed by atoms with Gasteiger partial charge in [0.1, 0.15) is 34.8 Å². The predicted molar refractivity (Wildman–Crippen MR) is 142 cm³/mol. The lowest BCUT2D eigenvalue weighted by Crippen LogP contribution is -2.11. The molecule has 1 unspecified atom stereocenters. The van der Waals surface area contributed by atoms with Crippen LogP contribution in [0.2, 0.25) is 0 Å². The monoisotopic (exact) mass is 500 g/mol. The summed E-state index contributed by atoms with van der Waals surface area (Å²) in [6.07, 6.45) is 7.44. The molecule has 0 amide bonds. The molecule has 5 rings (SSSR count). The maximum absolute atomic E-state index is 12.0. The molecule has 1 aromatic carbocycles. The number of pyridine rings is 1. The van der Waals surface area contributed by atoms with Crippen LogP contribution in [0.15, 0.2) is 48.8 Å². The molecule has 36 heavy (non-hydrogen) atoms. The summed E-state index contributed by atoms with van der Waals surface area (Å²) in [5.41, 5.74) is 5.17. The van der Waals surface area contributed by atoms with Crippen molar-refractivity contribution in [3.8, 4) is 6.07 Å².